The van der Waals surface area contributed by atoms with Crippen LogP contribution in [0, 0.1) is 6.92 Å². The first-order valence-corrected chi connectivity index (χ1v) is 14.5. The zero-order chi connectivity index (χ0) is 26.0. The Labute approximate surface area is 229 Å². The van der Waals surface area contributed by atoms with Crippen molar-refractivity contribution in [1.29, 1.82) is 0 Å². The lowest BCUT2D eigenvalue weighted by Crippen LogP contribution is -2.52. The van der Waals surface area contributed by atoms with Crippen LogP contribution >= 0.6 is 23.4 Å². The van der Waals surface area contributed by atoms with Gasteiger partial charge in [0.25, 0.3) is 0 Å². The highest BCUT2D eigenvalue weighted by Gasteiger charge is 2.32. The number of nitrogens with one attached hydrogen (secondary N) is 1. The number of hydrogen-bond acceptors (Lipinski definition) is 3. The van der Waals surface area contributed by atoms with Crippen LogP contribution in [0.15, 0.2) is 78.9 Å². The van der Waals surface area contributed by atoms with Gasteiger partial charge in [0, 0.05) is 29.8 Å². The minimum Gasteiger partial charge on any atom is -0.352 e. The second-order valence-corrected chi connectivity index (χ2v) is 11.2. The van der Waals surface area contributed by atoms with Crippen LogP contribution < -0.4 is 5.32 Å². The van der Waals surface area contributed by atoms with E-state index in [4.69, 9.17) is 11.6 Å². The summed E-state index contributed by atoms with van der Waals surface area (Å²) in [6.45, 7) is 2.45. The molecule has 37 heavy (non-hydrogen) atoms. The minimum atomic E-state index is -0.582. The number of carbonyl (C=O) groups is 2. The van der Waals surface area contributed by atoms with Crippen LogP contribution in [0.3, 0.4) is 0 Å². The highest BCUT2D eigenvalue weighted by Crippen LogP contribution is 2.22. The zero-order valence-electron chi connectivity index (χ0n) is 21.4. The molecular formula is C31H35ClN2O2S. The lowest BCUT2D eigenvalue weighted by atomic mass is 10.0. The van der Waals surface area contributed by atoms with E-state index < -0.39 is 6.04 Å². The Morgan fingerprint density at radius 1 is 0.973 bits per heavy atom. The number of carbonyl (C=O) groups excluding carboxylic acids is 2. The van der Waals surface area contributed by atoms with Crippen molar-refractivity contribution < 1.29 is 9.59 Å². The summed E-state index contributed by atoms with van der Waals surface area (Å²) < 4.78 is 0. The highest BCUT2D eigenvalue weighted by atomic mass is 35.5. The van der Waals surface area contributed by atoms with E-state index in [0.717, 1.165) is 47.9 Å². The van der Waals surface area contributed by atoms with Gasteiger partial charge in [-0.1, -0.05) is 91.2 Å². The fourth-order valence-electron chi connectivity index (χ4n) is 4.86. The Kier molecular flexibility index (Phi) is 10.1. The first-order valence-electron chi connectivity index (χ1n) is 13.0. The van der Waals surface area contributed by atoms with Crippen LogP contribution in [-0.2, 0) is 28.3 Å². The van der Waals surface area contributed by atoms with Gasteiger partial charge in [0.2, 0.25) is 11.8 Å². The first kappa shape index (κ1) is 27.3. The number of benzene rings is 3. The molecule has 194 valence electrons. The summed E-state index contributed by atoms with van der Waals surface area (Å²) in [5, 5.41) is 3.96. The maximum Gasteiger partial charge on any atom is 0.243 e. The summed E-state index contributed by atoms with van der Waals surface area (Å²) in [5.41, 5.74) is 4.29. The Morgan fingerprint density at radius 2 is 1.68 bits per heavy atom. The van der Waals surface area contributed by atoms with Crippen molar-refractivity contribution in [1.82, 2.24) is 10.2 Å². The fraction of sp³-hybridized carbons (Fsp3) is 0.355. The van der Waals surface area contributed by atoms with Gasteiger partial charge in [0.1, 0.15) is 6.04 Å². The van der Waals surface area contributed by atoms with Gasteiger partial charge in [-0.3, -0.25) is 9.59 Å². The summed E-state index contributed by atoms with van der Waals surface area (Å²) in [4.78, 5) is 29.3. The molecule has 4 nitrogen and oxygen atoms in total. The molecule has 0 aromatic heterocycles. The quantitative estimate of drug-likeness (QED) is 0.302. The number of thioether (sulfide) groups is 1. The summed E-state index contributed by atoms with van der Waals surface area (Å²) in [6, 6.07) is 25.4. The number of hydrogen-bond donors (Lipinski definition) is 1. The fourth-order valence-corrected chi connectivity index (χ4v) is 5.93. The molecule has 0 radical (unpaired) electrons. The van der Waals surface area contributed by atoms with E-state index in [1.165, 1.54) is 0 Å². The molecular weight excluding hydrogens is 500 g/mol. The SMILES string of the molecule is Cc1ccccc1CN(C(=O)CSCc1cccc(Cl)c1)C(Cc1ccccc1)C(=O)NC1CCCC1. The van der Waals surface area contributed by atoms with E-state index in [9.17, 15) is 9.59 Å². The first-order chi connectivity index (χ1) is 18.0. The molecule has 1 atom stereocenters. The normalized spacial score (nSPS) is 14.3. The molecule has 0 spiro atoms. The molecule has 3 aromatic carbocycles. The van der Waals surface area contributed by atoms with Crippen molar-refractivity contribution in [2.45, 2.75) is 63.4 Å². The lowest BCUT2D eigenvalue weighted by molar-refractivity contribution is -0.139. The lowest BCUT2D eigenvalue weighted by Gasteiger charge is -2.32. The van der Waals surface area contributed by atoms with Gasteiger partial charge in [-0.25, -0.2) is 0 Å². The van der Waals surface area contributed by atoms with Crippen LogP contribution in [0.5, 0.6) is 0 Å². The Morgan fingerprint density at radius 3 is 2.41 bits per heavy atom. The van der Waals surface area contributed by atoms with E-state index in [1.807, 2.05) is 72.8 Å². The van der Waals surface area contributed by atoms with Crippen molar-refractivity contribution in [2.75, 3.05) is 5.75 Å². The summed E-state index contributed by atoms with van der Waals surface area (Å²) in [6.07, 6.45) is 4.77. The van der Waals surface area contributed by atoms with Crippen molar-refractivity contribution in [2.24, 2.45) is 0 Å². The van der Waals surface area contributed by atoms with Crippen LogP contribution in [0.2, 0.25) is 5.02 Å². The van der Waals surface area contributed by atoms with Crippen LogP contribution in [-0.4, -0.2) is 34.6 Å². The topological polar surface area (TPSA) is 49.4 Å². The maximum atomic E-state index is 13.8. The van der Waals surface area contributed by atoms with E-state index >= 15 is 0 Å². The van der Waals surface area contributed by atoms with Crippen LogP contribution in [0.4, 0.5) is 0 Å². The molecule has 0 aliphatic heterocycles. The van der Waals surface area contributed by atoms with Crippen molar-refractivity contribution in [3.63, 3.8) is 0 Å². The maximum absolute atomic E-state index is 13.8. The molecule has 6 heteroatoms. The molecule has 4 rings (SSSR count). The third kappa shape index (κ3) is 8.11. The predicted molar refractivity (Wildman–Crippen MR) is 154 cm³/mol. The highest BCUT2D eigenvalue weighted by molar-refractivity contribution is 7.99. The Bertz CT molecular complexity index is 1180. The number of aryl methyl sites for hydroxylation is 1. The largest absolute Gasteiger partial charge is 0.352 e. The van der Waals surface area contributed by atoms with Crippen molar-refractivity contribution in [3.8, 4) is 0 Å². The molecule has 3 aromatic rings. The standard InChI is InChI=1S/C31H35ClN2O2S/c1-23-10-5-6-14-26(23)20-34(30(35)22-37-21-25-13-9-15-27(32)18-25)29(19-24-11-3-2-4-12-24)31(36)33-28-16-7-8-17-28/h2-6,9-15,18,28-29H,7-8,16-17,19-22H2,1H3,(H,33,36). The van der Waals surface area contributed by atoms with Gasteiger partial charge in [0.15, 0.2) is 0 Å². The van der Waals surface area contributed by atoms with Gasteiger partial charge < -0.3 is 10.2 Å². The molecule has 1 N–H and O–H groups in total. The van der Waals surface area contributed by atoms with Gasteiger partial charge in [-0.2, -0.15) is 0 Å². The van der Waals surface area contributed by atoms with Crippen LogP contribution in [0.25, 0.3) is 0 Å². The molecule has 1 fully saturated rings. The molecule has 1 aliphatic rings. The average molecular weight is 535 g/mol. The Balaban J connectivity index is 1.57. The molecule has 1 saturated carbocycles. The molecule has 2 amide bonds. The third-order valence-corrected chi connectivity index (χ3v) is 8.18. The van der Waals surface area contributed by atoms with Crippen molar-refractivity contribution >= 4 is 35.2 Å². The molecule has 0 bridgehead atoms. The van der Waals surface area contributed by atoms with E-state index in [2.05, 4.69) is 18.3 Å². The number of halogens is 1. The second-order valence-electron chi connectivity index (χ2n) is 9.77. The van der Waals surface area contributed by atoms with Crippen LogP contribution in [0.1, 0.15) is 47.9 Å². The number of rotatable bonds is 11. The van der Waals surface area contributed by atoms with Gasteiger partial charge in [0.05, 0.1) is 5.75 Å². The third-order valence-electron chi connectivity index (χ3n) is 6.96. The monoisotopic (exact) mass is 534 g/mol. The smallest absolute Gasteiger partial charge is 0.243 e. The van der Waals surface area contributed by atoms with E-state index in [0.29, 0.717) is 29.5 Å². The van der Waals surface area contributed by atoms with Gasteiger partial charge in [-0.05, 0) is 54.2 Å². The summed E-state index contributed by atoms with van der Waals surface area (Å²) in [5.74, 6) is 0.887. The zero-order valence-corrected chi connectivity index (χ0v) is 22.9. The number of amides is 2. The van der Waals surface area contributed by atoms with E-state index in [-0.39, 0.29) is 17.9 Å². The number of nitrogens with zero attached hydrogens (tertiary/aromatic N) is 1. The predicted octanol–water partition coefficient (Wildman–Crippen LogP) is 6.58. The molecule has 0 heterocycles. The van der Waals surface area contributed by atoms with Crippen molar-refractivity contribution in [3.05, 3.63) is 106 Å². The molecule has 1 aliphatic carbocycles. The molecule has 1 unspecified atom stereocenters. The summed E-state index contributed by atoms with van der Waals surface area (Å²) in [7, 11) is 0. The second kappa shape index (κ2) is 13.7. The molecule has 0 saturated heterocycles. The van der Waals surface area contributed by atoms with Gasteiger partial charge in [-0.15, -0.1) is 11.8 Å². The van der Waals surface area contributed by atoms with Gasteiger partial charge >= 0.3 is 0 Å². The average Bonchev–Trinajstić information content (AvgIpc) is 3.41. The minimum absolute atomic E-state index is 0.0298. The van der Waals surface area contributed by atoms with E-state index in [1.54, 1.807) is 16.7 Å². The Hall–Kier alpha value is -2.76. The summed E-state index contributed by atoms with van der Waals surface area (Å²) >= 11 is 7.69.